The van der Waals surface area contributed by atoms with Crippen LogP contribution in [0.1, 0.15) is 50.0 Å². The molecule has 8 heteroatoms. The molecule has 0 saturated carbocycles. The molecular formula is C21H27N5O3. The van der Waals surface area contributed by atoms with Gasteiger partial charge in [0.15, 0.2) is 0 Å². The fourth-order valence-electron chi connectivity index (χ4n) is 2.96. The van der Waals surface area contributed by atoms with Crippen molar-refractivity contribution in [2.45, 2.75) is 45.8 Å². The Balaban J connectivity index is 2.10. The second-order valence-electron chi connectivity index (χ2n) is 7.93. The lowest BCUT2D eigenvalue weighted by atomic mass is 10.0. The van der Waals surface area contributed by atoms with Gasteiger partial charge in [-0.15, -0.1) is 0 Å². The Bertz CT molecular complexity index is 1040. The van der Waals surface area contributed by atoms with Gasteiger partial charge in [-0.05, 0) is 39.3 Å². The van der Waals surface area contributed by atoms with Crippen molar-refractivity contribution in [3.05, 3.63) is 42.4 Å². The molecule has 2 atom stereocenters. The molecule has 8 nitrogen and oxygen atoms in total. The molecule has 0 spiro atoms. The maximum atomic E-state index is 12.7. The summed E-state index contributed by atoms with van der Waals surface area (Å²) in [5.41, 5.74) is 0.846. The zero-order chi connectivity index (χ0) is 23.7. The molecule has 154 valence electrons. The van der Waals surface area contributed by atoms with Gasteiger partial charge >= 0.3 is 6.09 Å². The van der Waals surface area contributed by atoms with Crippen LogP contribution in [0.15, 0.2) is 36.7 Å². The molecule has 2 amide bonds. The van der Waals surface area contributed by atoms with E-state index in [2.05, 4.69) is 20.7 Å². The van der Waals surface area contributed by atoms with Gasteiger partial charge in [-0.1, -0.05) is 19.1 Å². The Hall–Kier alpha value is -3.16. The number of rotatable bonds is 1. The highest BCUT2D eigenvalue weighted by atomic mass is 16.6. The van der Waals surface area contributed by atoms with Crippen molar-refractivity contribution in [3.63, 3.8) is 0 Å². The minimum absolute atomic E-state index is 0.231. The van der Waals surface area contributed by atoms with Gasteiger partial charge in [0.2, 0.25) is 5.91 Å². The molecule has 0 saturated heterocycles. The van der Waals surface area contributed by atoms with E-state index in [-0.39, 0.29) is 17.3 Å². The van der Waals surface area contributed by atoms with Crippen molar-refractivity contribution in [1.82, 2.24) is 20.1 Å². The number of carbonyl (C=O) groups excluding carboxylic acids is 2. The predicted octanol–water partition coefficient (Wildman–Crippen LogP) is 3.58. The van der Waals surface area contributed by atoms with Crippen LogP contribution >= 0.6 is 0 Å². The van der Waals surface area contributed by atoms with Crippen LogP contribution in [0, 0.1) is 5.92 Å². The van der Waals surface area contributed by atoms with Crippen LogP contribution < -0.4 is 10.6 Å². The van der Waals surface area contributed by atoms with Crippen LogP contribution in [0.5, 0.6) is 0 Å². The van der Waals surface area contributed by atoms with E-state index >= 15 is 0 Å². The first-order chi connectivity index (χ1) is 14.8. The molecule has 3 rings (SSSR count). The lowest BCUT2D eigenvalue weighted by Gasteiger charge is -2.23. The largest absolute Gasteiger partial charge is 0.444 e. The molecule has 0 fully saturated rings. The van der Waals surface area contributed by atoms with Gasteiger partial charge in [0.25, 0.3) is 0 Å². The molecule has 0 aliphatic carbocycles. The van der Waals surface area contributed by atoms with E-state index in [1.807, 2.05) is 0 Å². The number of anilines is 1. The molecule has 0 unspecified atom stereocenters. The molecular weight excluding hydrogens is 370 g/mol. The second-order valence-corrected chi connectivity index (χ2v) is 7.93. The number of nitrogens with zero attached hydrogens (tertiary/aromatic N) is 3. The van der Waals surface area contributed by atoms with Crippen LogP contribution in [0.25, 0.3) is 11.3 Å². The molecule has 0 aromatic carbocycles. The first-order valence-corrected chi connectivity index (χ1v) is 9.37. The summed E-state index contributed by atoms with van der Waals surface area (Å²) in [7, 11) is 0. The Labute approximate surface area is 174 Å². The van der Waals surface area contributed by atoms with E-state index in [4.69, 9.17) is 8.85 Å². The minimum atomic E-state index is -2.56. The van der Waals surface area contributed by atoms with Crippen LogP contribution in [-0.2, 0) is 16.5 Å². The first kappa shape index (κ1) is 16.8. The summed E-state index contributed by atoms with van der Waals surface area (Å²) in [4.78, 5) is 29.5. The number of aromatic nitrogens is 3. The highest BCUT2D eigenvalue weighted by Crippen LogP contribution is 2.30. The van der Waals surface area contributed by atoms with Gasteiger partial charge in [-0.25, -0.2) is 4.79 Å². The third-order valence-corrected chi connectivity index (χ3v) is 4.34. The average Bonchev–Trinajstić information content (AvgIpc) is 3.09. The van der Waals surface area contributed by atoms with Crippen molar-refractivity contribution in [1.29, 1.82) is 0 Å². The first-order valence-electron chi connectivity index (χ1n) is 10.9. The zero-order valence-corrected chi connectivity index (χ0v) is 16.9. The summed E-state index contributed by atoms with van der Waals surface area (Å²) < 4.78 is 29.7. The van der Waals surface area contributed by atoms with E-state index in [9.17, 15) is 9.59 Å². The summed E-state index contributed by atoms with van der Waals surface area (Å²) in [6.45, 7) is 4.47. The molecule has 3 heterocycles. The summed E-state index contributed by atoms with van der Waals surface area (Å²) in [6.07, 6.45) is 6.12. The van der Waals surface area contributed by atoms with E-state index in [1.165, 1.54) is 12.4 Å². The van der Waals surface area contributed by atoms with Crippen LogP contribution in [0.3, 0.4) is 0 Å². The number of carbonyl (C=O) groups is 2. The number of ether oxygens (including phenoxy) is 1. The molecule has 2 aromatic heterocycles. The standard InChI is InChI=1S/C21H27N5O3/c1-13-7-6-8-15(25-20(28)29-21(2,3)4)16-11-14(9-10-22-16)18-17(24-19(13)27)12-23-26(18)5/h6-7,9-13,15H,8H2,1-5H3,(H,24,27)(H,25,28)/b7-6+/t13-,15+/m1/s1/i5D3. The number of nitrogens with one attached hydrogen (secondary N) is 2. The van der Waals surface area contributed by atoms with Gasteiger partial charge in [-0.2, -0.15) is 5.10 Å². The maximum absolute atomic E-state index is 12.7. The lowest BCUT2D eigenvalue weighted by Crippen LogP contribution is -2.35. The van der Waals surface area contributed by atoms with Crippen LogP contribution in [0.2, 0.25) is 0 Å². The monoisotopic (exact) mass is 400 g/mol. The number of aryl methyl sites for hydroxylation is 1. The summed E-state index contributed by atoms with van der Waals surface area (Å²) in [6, 6.07) is 2.76. The van der Waals surface area contributed by atoms with Crippen LogP contribution in [-0.4, -0.2) is 32.4 Å². The number of fused-ring (bicyclic) bond motifs is 4. The number of hydrogen-bond donors (Lipinski definition) is 2. The fraction of sp³-hybridized carbons (Fsp3) is 0.429. The lowest BCUT2D eigenvalue weighted by molar-refractivity contribution is -0.118. The van der Waals surface area contributed by atoms with Gasteiger partial charge < -0.3 is 15.4 Å². The van der Waals surface area contributed by atoms with Crippen molar-refractivity contribution >= 4 is 17.7 Å². The molecule has 2 N–H and O–H groups in total. The van der Waals surface area contributed by atoms with Crippen molar-refractivity contribution in [3.8, 4) is 11.3 Å². The fourth-order valence-corrected chi connectivity index (χ4v) is 2.96. The Morgan fingerprint density at radius 1 is 1.45 bits per heavy atom. The SMILES string of the molecule is [2H]C([2H])([2H])n1ncc2c1-c1ccnc(c1)[C@@H](NC(=O)OC(C)(C)C)C/C=C/[C@@H](C)C(=O)N2. The Morgan fingerprint density at radius 3 is 2.97 bits per heavy atom. The van der Waals surface area contributed by atoms with Gasteiger partial charge in [0.05, 0.1) is 35.2 Å². The summed E-state index contributed by atoms with van der Waals surface area (Å²) in [5, 5.41) is 9.57. The third kappa shape index (κ3) is 5.01. The molecule has 2 aromatic rings. The average molecular weight is 400 g/mol. The van der Waals surface area contributed by atoms with Crippen molar-refractivity contribution < 1.29 is 18.4 Å². The van der Waals surface area contributed by atoms with E-state index < -0.39 is 30.6 Å². The van der Waals surface area contributed by atoms with E-state index in [0.717, 1.165) is 4.68 Å². The number of amides is 2. The maximum Gasteiger partial charge on any atom is 0.408 e. The number of hydrogen-bond acceptors (Lipinski definition) is 5. The van der Waals surface area contributed by atoms with E-state index in [0.29, 0.717) is 17.7 Å². The van der Waals surface area contributed by atoms with E-state index in [1.54, 1.807) is 52.0 Å². The van der Waals surface area contributed by atoms with Gasteiger partial charge in [0, 0.05) is 22.8 Å². The molecule has 1 aliphatic heterocycles. The second kappa shape index (κ2) is 8.06. The molecule has 2 bridgehead atoms. The quantitative estimate of drug-likeness (QED) is 0.713. The Morgan fingerprint density at radius 2 is 2.24 bits per heavy atom. The third-order valence-electron chi connectivity index (χ3n) is 4.34. The highest BCUT2D eigenvalue weighted by molar-refractivity contribution is 5.96. The summed E-state index contributed by atoms with van der Waals surface area (Å²) >= 11 is 0. The smallest absolute Gasteiger partial charge is 0.408 e. The van der Waals surface area contributed by atoms with Crippen molar-refractivity contribution in [2.75, 3.05) is 5.32 Å². The normalized spacial score (nSPS) is 22.5. The molecule has 29 heavy (non-hydrogen) atoms. The van der Waals surface area contributed by atoms with Crippen LogP contribution in [0.4, 0.5) is 10.5 Å². The predicted molar refractivity (Wildman–Crippen MR) is 110 cm³/mol. The summed E-state index contributed by atoms with van der Waals surface area (Å²) in [5.74, 6) is -0.800. The minimum Gasteiger partial charge on any atom is -0.444 e. The topological polar surface area (TPSA) is 98.1 Å². The number of alkyl carbamates (subject to hydrolysis) is 1. The number of pyridine rings is 1. The zero-order valence-electron chi connectivity index (χ0n) is 19.9. The van der Waals surface area contributed by atoms with Crippen molar-refractivity contribution in [2.24, 2.45) is 12.9 Å². The molecule has 0 radical (unpaired) electrons. The van der Waals surface area contributed by atoms with Gasteiger partial charge in [0.1, 0.15) is 5.60 Å². The molecule has 1 aliphatic rings. The Kier molecular flexibility index (Phi) is 4.66. The highest BCUT2D eigenvalue weighted by Gasteiger charge is 2.23. The van der Waals surface area contributed by atoms with Gasteiger partial charge in [-0.3, -0.25) is 14.5 Å².